The van der Waals surface area contributed by atoms with E-state index in [4.69, 9.17) is 0 Å². The van der Waals surface area contributed by atoms with E-state index in [0.717, 1.165) is 6.07 Å². The largest absolute Gasteiger partial charge is 0.416 e. The Kier molecular flexibility index (Phi) is 4.93. The van der Waals surface area contributed by atoms with E-state index >= 15 is 0 Å². The molecule has 0 saturated heterocycles. The van der Waals surface area contributed by atoms with Gasteiger partial charge in [0.25, 0.3) is 0 Å². The third-order valence-electron chi connectivity index (χ3n) is 2.90. The molecule has 2 aromatic carbocycles. The molecule has 3 nitrogen and oxygen atoms in total. The molecule has 0 radical (unpaired) electrons. The Labute approximate surface area is 134 Å². The molecule has 1 N–H and O–H groups in total. The fraction of sp³-hybridized carbons (Fsp3) is 0.143. The lowest BCUT2D eigenvalue weighted by Crippen LogP contribution is -2.25. The Hall–Kier alpha value is -1.38. The lowest BCUT2D eigenvalue weighted by Gasteiger charge is -2.13. The molecular formula is C14H11BrF3NO2S. The van der Waals surface area contributed by atoms with Crippen LogP contribution in [0.25, 0.3) is 0 Å². The van der Waals surface area contributed by atoms with Crippen molar-refractivity contribution in [3.8, 4) is 0 Å². The van der Waals surface area contributed by atoms with Crippen LogP contribution >= 0.6 is 15.9 Å². The lowest BCUT2D eigenvalue weighted by atomic mass is 10.1. The molecule has 0 heterocycles. The van der Waals surface area contributed by atoms with Crippen molar-refractivity contribution >= 4 is 26.0 Å². The van der Waals surface area contributed by atoms with Crippen molar-refractivity contribution in [3.63, 3.8) is 0 Å². The van der Waals surface area contributed by atoms with Crippen molar-refractivity contribution in [2.75, 3.05) is 0 Å². The Morgan fingerprint density at radius 2 is 1.59 bits per heavy atom. The first-order chi connectivity index (χ1) is 10.2. The van der Waals surface area contributed by atoms with E-state index in [1.807, 2.05) is 0 Å². The summed E-state index contributed by atoms with van der Waals surface area (Å²) in [5.74, 6) is 0. The van der Waals surface area contributed by atoms with Gasteiger partial charge in [-0.05, 0) is 39.7 Å². The van der Waals surface area contributed by atoms with Gasteiger partial charge in [-0.1, -0.05) is 30.3 Å². The summed E-state index contributed by atoms with van der Waals surface area (Å²) in [5.41, 5.74) is -0.990. The minimum Gasteiger partial charge on any atom is -0.207 e. The monoisotopic (exact) mass is 393 g/mol. The first-order valence-electron chi connectivity index (χ1n) is 6.11. The summed E-state index contributed by atoms with van der Waals surface area (Å²) in [6.45, 7) is -0.445. The first-order valence-corrected chi connectivity index (χ1v) is 8.39. The molecule has 22 heavy (non-hydrogen) atoms. The summed E-state index contributed by atoms with van der Waals surface area (Å²) in [4.78, 5) is -0.0283. The fourth-order valence-electron chi connectivity index (χ4n) is 1.86. The predicted molar refractivity (Wildman–Crippen MR) is 79.6 cm³/mol. The molecule has 0 aliphatic carbocycles. The molecule has 2 rings (SSSR count). The molecule has 0 unspecified atom stereocenters. The van der Waals surface area contributed by atoms with Gasteiger partial charge < -0.3 is 0 Å². The van der Waals surface area contributed by atoms with E-state index in [2.05, 4.69) is 20.7 Å². The van der Waals surface area contributed by atoms with Crippen LogP contribution in [-0.2, 0) is 22.7 Å². The van der Waals surface area contributed by atoms with E-state index in [9.17, 15) is 21.6 Å². The van der Waals surface area contributed by atoms with Gasteiger partial charge in [0, 0.05) is 11.0 Å². The number of alkyl halides is 3. The highest BCUT2D eigenvalue weighted by Gasteiger charge is 2.33. The zero-order valence-electron chi connectivity index (χ0n) is 11.1. The smallest absolute Gasteiger partial charge is 0.207 e. The van der Waals surface area contributed by atoms with Gasteiger partial charge in [0.1, 0.15) is 0 Å². The average molecular weight is 394 g/mol. The van der Waals surface area contributed by atoms with Gasteiger partial charge in [-0.25, -0.2) is 13.1 Å². The maximum atomic E-state index is 12.9. The van der Waals surface area contributed by atoms with Crippen LogP contribution in [0.15, 0.2) is 57.9 Å². The van der Waals surface area contributed by atoms with Gasteiger partial charge in [-0.3, -0.25) is 0 Å². The van der Waals surface area contributed by atoms with Gasteiger partial charge >= 0.3 is 6.18 Å². The van der Waals surface area contributed by atoms with Crippen LogP contribution in [0.2, 0.25) is 0 Å². The SMILES string of the molecule is O=S(=O)(NCc1ccccc1C(F)(F)F)c1ccccc1Br. The van der Waals surface area contributed by atoms with Gasteiger partial charge in [0.15, 0.2) is 0 Å². The van der Waals surface area contributed by atoms with Crippen LogP contribution in [-0.4, -0.2) is 8.42 Å². The minimum absolute atomic E-state index is 0.0283. The van der Waals surface area contributed by atoms with Crippen molar-refractivity contribution < 1.29 is 21.6 Å². The number of hydrogen-bond acceptors (Lipinski definition) is 2. The highest BCUT2D eigenvalue weighted by Crippen LogP contribution is 2.32. The van der Waals surface area contributed by atoms with E-state index in [1.54, 1.807) is 6.07 Å². The summed E-state index contributed by atoms with van der Waals surface area (Å²) >= 11 is 3.11. The quantitative estimate of drug-likeness (QED) is 0.854. The second-order valence-electron chi connectivity index (χ2n) is 4.41. The normalized spacial score (nSPS) is 12.4. The van der Waals surface area contributed by atoms with E-state index in [1.165, 1.54) is 36.4 Å². The van der Waals surface area contributed by atoms with E-state index < -0.39 is 28.3 Å². The minimum atomic E-state index is -4.53. The molecule has 0 bridgehead atoms. The number of benzene rings is 2. The zero-order chi connectivity index (χ0) is 16.4. The third-order valence-corrected chi connectivity index (χ3v) is 5.31. The summed E-state index contributed by atoms with van der Waals surface area (Å²) < 4.78 is 65.5. The van der Waals surface area contributed by atoms with Crippen molar-refractivity contribution in [1.82, 2.24) is 4.72 Å². The molecule has 0 fully saturated rings. The van der Waals surface area contributed by atoms with Crippen molar-refractivity contribution in [3.05, 3.63) is 64.1 Å². The third kappa shape index (κ3) is 3.88. The molecule has 118 valence electrons. The van der Waals surface area contributed by atoms with Crippen LogP contribution < -0.4 is 4.72 Å². The Balaban J connectivity index is 2.26. The van der Waals surface area contributed by atoms with Crippen LogP contribution in [0, 0.1) is 0 Å². The van der Waals surface area contributed by atoms with Crippen molar-refractivity contribution in [1.29, 1.82) is 0 Å². The number of nitrogens with one attached hydrogen (secondary N) is 1. The molecule has 0 amide bonds. The molecule has 0 aromatic heterocycles. The standard InChI is InChI=1S/C14H11BrF3NO2S/c15-12-7-3-4-8-13(12)22(20,21)19-9-10-5-1-2-6-11(10)14(16,17)18/h1-8,19H,9H2. The number of rotatable bonds is 4. The molecule has 0 aliphatic heterocycles. The highest BCUT2D eigenvalue weighted by molar-refractivity contribution is 9.10. The van der Waals surface area contributed by atoms with E-state index in [-0.39, 0.29) is 10.5 Å². The summed E-state index contributed by atoms with van der Waals surface area (Å²) in [6.07, 6.45) is -4.53. The van der Waals surface area contributed by atoms with Crippen LogP contribution in [0.1, 0.15) is 11.1 Å². The number of sulfonamides is 1. The lowest BCUT2D eigenvalue weighted by molar-refractivity contribution is -0.138. The number of halogens is 4. The molecular weight excluding hydrogens is 383 g/mol. The van der Waals surface area contributed by atoms with Crippen molar-refractivity contribution in [2.24, 2.45) is 0 Å². The molecule has 2 aromatic rings. The molecule has 0 atom stereocenters. The molecule has 0 spiro atoms. The first kappa shape index (κ1) is 17.0. The molecule has 0 saturated carbocycles. The topological polar surface area (TPSA) is 46.2 Å². The van der Waals surface area contributed by atoms with Gasteiger partial charge in [0.2, 0.25) is 10.0 Å². The Morgan fingerprint density at radius 1 is 1.00 bits per heavy atom. The average Bonchev–Trinajstić information content (AvgIpc) is 2.45. The van der Waals surface area contributed by atoms with Crippen LogP contribution in [0.3, 0.4) is 0 Å². The number of hydrogen-bond donors (Lipinski definition) is 1. The van der Waals surface area contributed by atoms with Crippen LogP contribution in [0.4, 0.5) is 13.2 Å². The molecule has 8 heteroatoms. The molecule has 0 aliphatic rings. The zero-order valence-corrected chi connectivity index (χ0v) is 13.5. The highest BCUT2D eigenvalue weighted by atomic mass is 79.9. The Bertz CT molecular complexity index is 776. The summed E-state index contributed by atoms with van der Waals surface area (Å²) in [7, 11) is -3.92. The summed E-state index contributed by atoms with van der Waals surface area (Å²) in [6, 6.07) is 10.9. The summed E-state index contributed by atoms with van der Waals surface area (Å²) in [5, 5.41) is 0. The predicted octanol–water partition coefficient (Wildman–Crippen LogP) is 3.95. The van der Waals surface area contributed by atoms with Crippen molar-refractivity contribution in [2.45, 2.75) is 17.6 Å². The van der Waals surface area contributed by atoms with E-state index in [0.29, 0.717) is 4.47 Å². The van der Waals surface area contributed by atoms with Gasteiger partial charge in [0.05, 0.1) is 10.5 Å². The van der Waals surface area contributed by atoms with Crippen LogP contribution in [0.5, 0.6) is 0 Å². The Morgan fingerprint density at radius 3 is 2.23 bits per heavy atom. The second-order valence-corrected chi connectivity index (χ2v) is 7.00. The second kappa shape index (κ2) is 6.39. The maximum absolute atomic E-state index is 12.9. The van der Waals surface area contributed by atoms with Gasteiger partial charge in [-0.2, -0.15) is 13.2 Å². The fourth-order valence-corrected chi connectivity index (χ4v) is 3.87. The maximum Gasteiger partial charge on any atom is 0.416 e. The van der Waals surface area contributed by atoms with Gasteiger partial charge in [-0.15, -0.1) is 0 Å².